The molecule has 0 fully saturated rings. The fraction of sp³-hybridized carbons (Fsp3) is 0.600. The zero-order valence-corrected chi connectivity index (χ0v) is 11.1. The molecular weight excluding hydrogens is 260 g/mol. The van der Waals surface area contributed by atoms with Crippen molar-refractivity contribution in [1.29, 1.82) is 0 Å². The molecule has 1 aromatic heterocycles. The average molecular weight is 275 g/mol. The van der Waals surface area contributed by atoms with Gasteiger partial charge in [-0.2, -0.15) is 0 Å². The molecule has 0 unspecified atom stereocenters. The summed E-state index contributed by atoms with van der Waals surface area (Å²) in [5.74, 6) is 0.224. The highest BCUT2D eigenvalue weighted by molar-refractivity contribution is 6.31. The first-order valence-electron chi connectivity index (χ1n) is 5.59. The number of hydrogen-bond donors (Lipinski definition) is 0. The van der Waals surface area contributed by atoms with E-state index in [-0.39, 0.29) is 16.7 Å². The fourth-order valence-corrected chi connectivity index (χ4v) is 1.67. The molecular formula is C10H15ClN4O3. The second kappa shape index (κ2) is 7.07. The Morgan fingerprint density at radius 1 is 1.50 bits per heavy atom. The van der Waals surface area contributed by atoms with Crippen molar-refractivity contribution in [3.8, 4) is 0 Å². The van der Waals surface area contributed by atoms with E-state index in [9.17, 15) is 10.1 Å². The van der Waals surface area contributed by atoms with E-state index in [1.807, 2.05) is 13.8 Å². The molecule has 1 rings (SSSR count). The highest BCUT2D eigenvalue weighted by Gasteiger charge is 2.25. The van der Waals surface area contributed by atoms with Crippen LogP contribution in [0.5, 0.6) is 0 Å². The number of ether oxygens (including phenoxy) is 1. The minimum Gasteiger partial charge on any atom is -0.380 e. The molecule has 0 atom stereocenters. The van der Waals surface area contributed by atoms with Crippen LogP contribution in [0.3, 0.4) is 0 Å². The second-order valence-electron chi connectivity index (χ2n) is 3.37. The van der Waals surface area contributed by atoms with Crippen LogP contribution in [-0.2, 0) is 4.74 Å². The molecule has 0 aliphatic heterocycles. The molecule has 0 aliphatic carbocycles. The van der Waals surface area contributed by atoms with Gasteiger partial charge in [-0.15, -0.1) is 0 Å². The summed E-state index contributed by atoms with van der Waals surface area (Å²) in [6, 6.07) is 0. The van der Waals surface area contributed by atoms with Gasteiger partial charge in [0.1, 0.15) is 6.33 Å². The number of rotatable bonds is 7. The monoisotopic (exact) mass is 274 g/mol. The van der Waals surface area contributed by atoms with Crippen LogP contribution in [0, 0.1) is 10.1 Å². The van der Waals surface area contributed by atoms with Crippen molar-refractivity contribution in [3.63, 3.8) is 0 Å². The summed E-state index contributed by atoms with van der Waals surface area (Å²) in [5, 5.41) is 10.8. The SMILES string of the molecule is CCOCCN(CC)c1ncnc(Cl)c1[N+](=O)[O-]. The summed E-state index contributed by atoms with van der Waals surface area (Å²) >= 11 is 5.74. The van der Waals surface area contributed by atoms with Gasteiger partial charge in [-0.25, -0.2) is 9.97 Å². The third-order valence-electron chi connectivity index (χ3n) is 2.33. The van der Waals surface area contributed by atoms with E-state index >= 15 is 0 Å². The first kappa shape index (κ1) is 14.6. The lowest BCUT2D eigenvalue weighted by Gasteiger charge is -2.21. The summed E-state index contributed by atoms with van der Waals surface area (Å²) in [6.07, 6.45) is 1.22. The number of aromatic nitrogens is 2. The number of likely N-dealkylation sites (N-methyl/N-ethyl adjacent to an activating group) is 1. The quantitative estimate of drug-likeness (QED) is 0.327. The number of nitro groups is 1. The van der Waals surface area contributed by atoms with Crippen molar-refractivity contribution < 1.29 is 9.66 Å². The van der Waals surface area contributed by atoms with Crippen molar-refractivity contribution in [2.75, 3.05) is 31.2 Å². The van der Waals surface area contributed by atoms with Gasteiger partial charge in [0, 0.05) is 19.7 Å². The van der Waals surface area contributed by atoms with Crippen molar-refractivity contribution in [2.24, 2.45) is 0 Å². The van der Waals surface area contributed by atoms with E-state index in [0.29, 0.717) is 26.3 Å². The molecule has 100 valence electrons. The molecule has 0 saturated carbocycles. The molecule has 0 aliphatic rings. The van der Waals surface area contributed by atoms with Crippen LogP contribution in [0.25, 0.3) is 0 Å². The second-order valence-corrected chi connectivity index (χ2v) is 3.73. The molecule has 8 heteroatoms. The zero-order chi connectivity index (χ0) is 13.5. The molecule has 0 saturated heterocycles. The third kappa shape index (κ3) is 3.51. The van der Waals surface area contributed by atoms with Crippen LogP contribution in [0.1, 0.15) is 13.8 Å². The summed E-state index contributed by atoms with van der Waals surface area (Å²) in [4.78, 5) is 19.7. The Labute approximate surface area is 110 Å². The fourth-order valence-electron chi connectivity index (χ4n) is 1.47. The summed E-state index contributed by atoms with van der Waals surface area (Å²) < 4.78 is 5.23. The van der Waals surface area contributed by atoms with E-state index < -0.39 is 4.92 Å². The molecule has 0 amide bonds. The Morgan fingerprint density at radius 2 is 2.22 bits per heavy atom. The van der Waals surface area contributed by atoms with Crippen molar-refractivity contribution in [3.05, 3.63) is 21.6 Å². The van der Waals surface area contributed by atoms with E-state index in [4.69, 9.17) is 16.3 Å². The van der Waals surface area contributed by atoms with Crippen LogP contribution in [0.2, 0.25) is 5.15 Å². The topological polar surface area (TPSA) is 81.4 Å². The molecule has 18 heavy (non-hydrogen) atoms. The maximum Gasteiger partial charge on any atom is 0.348 e. The molecule has 1 heterocycles. The van der Waals surface area contributed by atoms with Crippen molar-refractivity contribution in [1.82, 2.24) is 9.97 Å². The number of nitrogens with zero attached hydrogens (tertiary/aromatic N) is 4. The Kier molecular flexibility index (Phi) is 5.73. The van der Waals surface area contributed by atoms with Gasteiger partial charge < -0.3 is 9.64 Å². The average Bonchev–Trinajstić information content (AvgIpc) is 2.34. The van der Waals surface area contributed by atoms with Crippen LogP contribution in [0.15, 0.2) is 6.33 Å². The van der Waals surface area contributed by atoms with Gasteiger partial charge >= 0.3 is 5.69 Å². The number of hydrogen-bond acceptors (Lipinski definition) is 6. The van der Waals surface area contributed by atoms with E-state index in [0.717, 1.165) is 0 Å². The van der Waals surface area contributed by atoms with Gasteiger partial charge in [-0.05, 0) is 13.8 Å². The smallest absolute Gasteiger partial charge is 0.348 e. The van der Waals surface area contributed by atoms with Gasteiger partial charge in [0.05, 0.1) is 11.5 Å². The summed E-state index contributed by atoms with van der Waals surface area (Å²) in [6.45, 7) is 5.93. The Balaban J connectivity index is 2.98. The highest BCUT2D eigenvalue weighted by atomic mass is 35.5. The van der Waals surface area contributed by atoms with Crippen LogP contribution >= 0.6 is 11.6 Å². The lowest BCUT2D eigenvalue weighted by molar-refractivity contribution is -0.384. The van der Waals surface area contributed by atoms with Crippen LogP contribution in [0.4, 0.5) is 11.5 Å². The van der Waals surface area contributed by atoms with E-state index in [2.05, 4.69) is 9.97 Å². The normalized spacial score (nSPS) is 10.4. The molecule has 0 bridgehead atoms. The molecule has 1 aromatic rings. The molecule has 0 N–H and O–H groups in total. The molecule has 0 aromatic carbocycles. The van der Waals surface area contributed by atoms with Gasteiger partial charge in [-0.1, -0.05) is 11.6 Å². The lowest BCUT2D eigenvalue weighted by atomic mass is 10.4. The van der Waals surface area contributed by atoms with Crippen LogP contribution in [-0.4, -0.2) is 41.2 Å². The minimum atomic E-state index is -0.568. The van der Waals surface area contributed by atoms with Crippen LogP contribution < -0.4 is 4.90 Å². The minimum absolute atomic E-state index is 0.153. The molecule has 0 spiro atoms. The van der Waals surface area contributed by atoms with Gasteiger partial charge in [0.25, 0.3) is 0 Å². The van der Waals surface area contributed by atoms with E-state index in [1.54, 1.807) is 4.90 Å². The number of anilines is 1. The zero-order valence-electron chi connectivity index (χ0n) is 10.3. The first-order valence-corrected chi connectivity index (χ1v) is 5.97. The maximum atomic E-state index is 11.0. The third-order valence-corrected chi connectivity index (χ3v) is 2.61. The molecule has 0 radical (unpaired) electrons. The predicted octanol–water partition coefficient (Wildman–Crippen LogP) is 1.90. The first-order chi connectivity index (χ1) is 8.61. The maximum absolute atomic E-state index is 11.0. The summed E-state index contributed by atoms with van der Waals surface area (Å²) in [7, 11) is 0. The largest absolute Gasteiger partial charge is 0.380 e. The van der Waals surface area contributed by atoms with Gasteiger partial charge in [0.2, 0.25) is 11.0 Å². The summed E-state index contributed by atoms with van der Waals surface area (Å²) in [5.41, 5.74) is -0.266. The Bertz CT molecular complexity index is 416. The highest BCUT2D eigenvalue weighted by Crippen LogP contribution is 2.30. The van der Waals surface area contributed by atoms with Crippen molar-refractivity contribution in [2.45, 2.75) is 13.8 Å². The standard InChI is InChI=1S/C10H15ClN4O3/c1-3-14(5-6-18-4-2)10-8(15(16)17)9(11)12-7-13-10/h7H,3-6H2,1-2H3. The van der Waals surface area contributed by atoms with E-state index in [1.165, 1.54) is 6.33 Å². The lowest BCUT2D eigenvalue weighted by Crippen LogP contribution is -2.29. The number of halogens is 1. The van der Waals surface area contributed by atoms with Gasteiger partial charge in [-0.3, -0.25) is 10.1 Å². The van der Waals surface area contributed by atoms with Crippen molar-refractivity contribution >= 4 is 23.1 Å². The molecule has 7 nitrogen and oxygen atoms in total. The predicted molar refractivity (Wildman–Crippen MR) is 68.1 cm³/mol. The van der Waals surface area contributed by atoms with Gasteiger partial charge in [0.15, 0.2) is 0 Å². The Morgan fingerprint density at radius 3 is 2.78 bits per heavy atom. The Hall–Kier alpha value is -1.47.